The SMILES string of the molecule is N#CC=Cc1ccccc1Br. The molecule has 1 aromatic rings. The van der Waals surface area contributed by atoms with Crippen molar-refractivity contribution in [2.75, 3.05) is 0 Å². The van der Waals surface area contributed by atoms with Crippen molar-refractivity contribution >= 4 is 22.0 Å². The Morgan fingerprint density at radius 2 is 2.09 bits per heavy atom. The summed E-state index contributed by atoms with van der Waals surface area (Å²) >= 11 is 3.37. The van der Waals surface area contributed by atoms with Gasteiger partial charge in [-0.15, -0.1) is 0 Å². The van der Waals surface area contributed by atoms with Gasteiger partial charge < -0.3 is 0 Å². The van der Waals surface area contributed by atoms with Gasteiger partial charge in [-0.2, -0.15) is 5.26 Å². The maximum Gasteiger partial charge on any atom is 0.0912 e. The van der Waals surface area contributed by atoms with Gasteiger partial charge in [0.25, 0.3) is 0 Å². The van der Waals surface area contributed by atoms with Crippen LogP contribution in [0, 0.1) is 11.3 Å². The third-order valence-electron chi connectivity index (χ3n) is 1.24. The Labute approximate surface area is 74.1 Å². The Hall–Kier alpha value is -1.07. The van der Waals surface area contributed by atoms with Crippen molar-refractivity contribution in [1.82, 2.24) is 0 Å². The standard InChI is InChI=1S/C9H6BrN/c10-9-6-2-1-4-8(9)5-3-7-11/h1-6H. The van der Waals surface area contributed by atoms with Gasteiger partial charge in [0.15, 0.2) is 0 Å². The molecule has 2 heteroatoms. The van der Waals surface area contributed by atoms with E-state index in [2.05, 4.69) is 15.9 Å². The summed E-state index contributed by atoms with van der Waals surface area (Å²) in [4.78, 5) is 0. The lowest BCUT2D eigenvalue weighted by molar-refractivity contribution is 1.53. The first-order valence-corrected chi connectivity index (χ1v) is 3.94. The largest absolute Gasteiger partial charge is 0.193 e. The molecule has 0 atom stereocenters. The van der Waals surface area contributed by atoms with E-state index < -0.39 is 0 Å². The molecule has 11 heavy (non-hydrogen) atoms. The van der Waals surface area contributed by atoms with Crippen LogP contribution in [0.15, 0.2) is 34.8 Å². The fourth-order valence-electron chi connectivity index (χ4n) is 0.737. The van der Waals surface area contributed by atoms with Crippen molar-refractivity contribution in [3.63, 3.8) is 0 Å². The van der Waals surface area contributed by atoms with E-state index in [4.69, 9.17) is 5.26 Å². The van der Waals surface area contributed by atoms with Gasteiger partial charge in [-0.3, -0.25) is 0 Å². The summed E-state index contributed by atoms with van der Waals surface area (Å²) in [6.07, 6.45) is 3.23. The number of allylic oxidation sites excluding steroid dienone is 1. The highest BCUT2D eigenvalue weighted by Crippen LogP contribution is 2.16. The molecule has 1 aromatic carbocycles. The zero-order valence-electron chi connectivity index (χ0n) is 5.79. The quantitative estimate of drug-likeness (QED) is 0.650. The van der Waals surface area contributed by atoms with Crippen molar-refractivity contribution in [3.8, 4) is 6.07 Å². The predicted molar refractivity (Wildman–Crippen MR) is 48.8 cm³/mol. The lowest BCUT2D eigenvalue weighted by Crippen LogP contribution is -1.71. The number of halogens is 1. The van der Waals surface area contributed by atoms with Crippen LogP contribution in [-0.4, -0.2) is 0 Å². The van der Waals surface area contributed by atoms with E-state index in [9.17, 15) is 0 Å². The minimum absolute atomic E-state index is 1.01. The average molecular weight is 208 g/mol. The zero-order chi connectivity index (χ0) is 8.10. The minimum Gasteiger partial charge on any atom is -0.193 e. The fourth-order valence-corrected chi connectivity index (χ4v) is 1.15. The van der Waals surface area contributed by atoms with E-state index in [-0.39, 0.29) is 0 Å². The number of nitrogens with zero attached hydrogens (tertiary/aromatic N) is 1. The van der Waals surface area contributed by atoms with Crippen molar-refractivity contribution in [2.45, 2.75) is 0 Å². The molecule has 0 bridgehead atoms. The second-order valence-electron chi connectivity index (χ2n) is 1.98. The Morgan fingerprint density at radius 1 is 1.36 bits per heavy atom. The molecule has 0 aromatic heterocycles. The normalized spacial score (nSPS) is 9.82. The second-order valence-corrected chi connectivity index (χ2v) is 2.84. The summed E-state index contributed by atoms with van der Waals surface area (Å²) in [5, 5.41) is 8.27. The Bertz CT molecular complexity index is 310. The summed E-state index contributed by atoms with van der Waals surface area (Å²) in [5.41, 5.74) is 1.02. The van der Waals surface area contributed by atoms with Gasteiger partial charge >= 0.3 is 0 Å². The number of hydrogen-bond acceptors (Lipinski definition) is 1. The van der Waals surface area contributed by atoms with Crippen LogP contribution in [0.2, 0.25) is 0 Å². The van der Waals surface area contributed by atoms with Crippen molar-refractivity contribution in [1.29, 1.82) is 5.26 Å². The zero-order valence-corrected chi connectivity index (χ0v) is 7.38. The summed E-state index contributed by atoms with van der Waals surface area (Å²) in [6.45, 7) is 0. The molecule has 0 aliphatic rings. The highest BCUT2D eigenvalue weighted by atomic mass is 79.9. The van der Waals surface area contributed by atoms with Crippen LogP contribution in [0.3, 0.4) is 0 Å². The van der Waals surface area contributed by atoms with Crippen LogP contribution < -0.4 is 0 Å². The maximum absolute atomic E-state index is 8.27. The van der Waals surface area contributed by atoms with E-state index >= 15 is 0 Å². The van der Waals surface area contributed by atoms with Crippen LogP contribution in [-0.2, 0) is 0 Å². The molecule has 0 N–H and O–H groups in total. The molecule has 0 spiro atoms. The van der Waals surface area contributed by atoms with Crippen molar-refractivity contribution in [2.24, 2.45) is 0 Å². The lowest BCUT2D eigenvalue weighted by Gasteiger charge is -1.93. The van der Waals surface area contributed by atoms with Crippen LogP contribution in [0.4, 0.5) is 0 Å². The highest BCUT2D eigenvalue weighted by molar-refractivity contribution is 9.10. The van der Waals surface area contributed by atoms with Crippen LogP contribution in [0.25, 0.3) is 6.08 Å². The molecular weight excluding hydrogens is 202 g/mol. The molecular formula is C9H6BrN. The molecule has 0 heterocycles. The van der Waals surface area contributed by atoms with Crippen molar-refractivity contribution < 1.29 is 0 Å². The van der Waals surface area contributed by atoms with Gasteiger partial charge in [-0.25, -0.2) is 0 Å². The van der Waals surface area contributed by atoms with E-state index in [0.29, 0.717) is 0 Å². The molecule has 0 radical (unpaired) electrons. The Morgan fingerprint density at radius 3 is 2.73 bits per heavy atom. The number of nitriles is 1. The average Bonchev–Trinajstić information content (AvgIpc) is 2.03. The topological polar surface area (TPSA) is 23.8 Å². The van der Waals surface area contributed by atoms with E-state index in [1.54, 1.807) is 6.08 Å². The van der Waals surface area contributed by atoms with E-state index in [1.807, 2.05) is 30.3 Å². The molecule has 0 aliphatic carbocycles. The summed E-state index contributed by atoms with van der Waals surface area (Å²) < 4.78 is 1.01. The molecule has 1 nitrogen and oxygen atoms in total. The molecule has 0 unspecified atom stereocenters. The van der Waals surface area contributed by atoms with Gasteiger partial charge in [0.1, 0.15) is 0 Å². The molecule has 0 amide bonds. The third-order valence-corrected chi connectivity index (χ3v) is 1.96. The monoisotopic (exact) mass is 207 g/mol. The molecule has 1 rings (SSSR count). The van der Waals surface area contributed by atoms with Gasteiger partial charge in [-0.05, 0) is 17.7 Å². The molecule has 0 fully saturated rings. The van der Waals surface area contributed by atoms with Crippen LogP contribution in [0.5, 0.6) is 0 Å². The predicted octanol–water partition coefficient (Wildman–Crippen LogP) is 2.99. The van der Waals surface area contributed by atoms with Crippen LogP contribution in [0.1, 0.15) is 5.56 Å². The highest BCUT2D eigenvalue weighted by Gasteiger charge is 1.90. The molecule has 0 saturated heterocycles. The first kappa shape index (κ1) is 8.03. The fraction of sp³-hybridized carbons (Fsp3) is 0. The van der Waals surface area contributed by atoms with Gasteiger partial charge in [-0.1, -0.05) is 34.1 Å². The minimum atomic E-state index is 1.01. The van der Waals surface area contributed by atoms with Gasteiger partial charge in [0.05, 0.1) is 6.07 Å². The van der Waals surface area contributed by atoms with Gasteiger partial charge in [0, 0.05) is 10.5 Å². The summed E-state index contributed by atoms with van der Waals surface area (Å²) in [7, 11) is 0. The Kier molecular flexibility index (Phi) is 2.88. The smallest absolute Gasteiger partial charge is 0.0912 e. The third kappa shape index (κ3) is 2.21. The summed E-state index contributed by atoms with van der Waals surface area (Å²) in [6, 6.07) is 9.70. The first-order valence-electron chi connectivity index (χ1n) is 3.15. The summed E-state index contributed by atoms with van der Waals surface area (Å²) in [5.74, 6) is 0. The Balaban J connectivity index is 2.97. The number of hydrogen-bond donors (Lipinski definition) is 0. The molecule has 0 saturated carbocycles. The molecule has 0 aliphatic heterocycles. The first-order chi connectivity index (χ1) is 5.34. The molecule has 54 valence electrons. The number of benzene rings is 1. The lowest BCUT2D eigenvalue weighted by atomic mass is 10.2. The maximum atomic E-state index is 8.27. The van der Waals surface area contributed by atoms with Crippen molar-refractivity contribution in [3.05, 3.63) is 40.4 Å². The van der Waals surface area contributed by atoms with Gasteiger partial charge in [0.2, 0.25) is 0 Å². The van der Waals surface area contributed by atoms with Crippen LogP contribution >= 0.6 is 15.9 Å². The van der Waals surface area contributed by atoms with E-state index in [1.165, 1.54) is 6.08 Å². The van der Waals surface area contributed by atoms with E-state index in [0.717, 1.165) is 10.0 Å². The number of rotatable bonds is 1. The second kappa shape index (κ2) is 3.95.